The Morgan fingerprint density at radius 3 is 2.76 bits per heavy atom. The molecule has 1 fully saturated rings. The molecule has 0 aromatic carbocycles. The average Bonchev–Trinajstić information content (AvgIpc) is 2.69. The van der Waals surface area contributed by atoms with E-state index < -0.39 is 0 Å². The van der Waals surface area contributed by atoms with Gasteiger partial charge in [-0.1, -0.05) is 0 Å². The van der Waals surface area contributed by atoms with Crippen LogP contribution in [0, 0.1) is 0 Å². The fraction of sp³-hybridized carbons (Fsp3) is 0.923. The number of nitrogens with one attached hydrogen (secondary N) is 3. The minimum absolute atomic E-state index is 0.138. The van der Waals surface area contributed by atoms with Gasteiger partial charge < -0.3 is 16.0 Å². The highest BCUT2D eigenvalue weighted by atomic mass is 16.1. The van der Waals surface area contributed by atoms with Crippen molar-refractivity contribution in [1.29, 1.82) is 0 Å². The largest absolute Gasteiger partial charge is 0.354 e. The van der Waals surface area contributed by atoms with Crippen LogP contribution in [0.1, 0.15) is 46.5 Å². The van der Waals surface area contributed by atoms with Gasteiger partial charge in [0, 0.05) is 31.1 Å². The Bertz CT molecular complexity index is 225. The third-order valence-corrected chi connectivity index (χ3v) is 3.09. The molecular formula is C13H27N3O. The Morgan fingerprint density at radius 2 is 2.18 bits per heavy atom. The zero-order chi connectivity index (χ0) is 12.7. The maximum absolute atomic E-state index is 11.4. The van der Waals surface area contributed by atoms with Crippen LogP contribution >= 0.6 is 0 Å². The first-order valence-corrected chi connectivity index (χ1v) is 6.84. The van der Waals surface area contributed by atoms with Crippen LogP contribution < -0.4 is 16.0 Å². The third kappa shape index (κ3) is 6.64. The number of carbonyl (C=O) groups excluding carboxylic acids is 1. The van der Waals surface area contributed by atoms with Gasteiger partial charge in [0.05, 0.1) is 0 Å². The van der Waals surface area contributed by atoms with Crippen molar-refractivity contribution in [2.45, 2.75) is 64.6 Å². The topological polar surface area (TPSA) is 53.2 Å². The molecule has 2 atom stereocenters. The Morgan fingerprint density at radius 1 is 1.41 bits per heavy atom. The monoisotopic (exact) mass is 241 g/mol. The van der Waals surface area contributed by atoms with Gasteiger partial charge in [-0.2, -0.15) is 0 Å². The molecule has 0 aliphatic carbocycles. The summed E-state index contributed by atoms with van der Waals surface area (Å²) in [6.07, 6.45) is 4.32. The lowest BCUT2D eigenvalue weighted by Gasteiger charge is -2.18. The normalized spacial score (nSPS) is 21.8. The molecule has 0 saturated carbocycles. The van der Waals surface area contributed by atoms with Gasteiger partial charge in [0.25, 0.3) is 0 Å². The third-order valence-electron chi connectivity index (χ3n) is 3.09. The van der Waals surface area contributed by atoms with Gasteiger partial charge in [0.15, 0.2) is 0 Å². The summed E-state index contributed by atoms with van der Waals surface area (Å²) in [7, 11) is 0. The van der Waals surface area contributed by atoms with Gasteiger partial charge in [0.1, 0.15) is 0 Å². The highest BCUT2D eigenvalue weighted by molar-refractivity contribution is 5.76. The van der Waals surface area contributed by atoms with Crippen LogP contribution in [0.4, 0.5) is 0 Å². The standard InChI is InChI=1S/C13H27N3O/c1-10(2)16-13(17)6-8-14-11(3)9-12-5-4-7-15-12/h10-12,14-15H,4-9H2,1-3H3,(H,16,17). The maximum atomic E-state index is 11.4. The van der Waals surface area contributed by atoms with Crippen LogP contribution in [-0.4, -0.2) is 37.1 Å². The maximum Gasteiger partial charge on any atom is 0.221 e. The summed E-state index contributed by atoms with van der Waals surface area (Å²) in [4.78, 5) is 11.4. The van der Waals surface area contributed by atoms with Crippen molar-refractivity contribution in [2.24, 2.45) is 0 Å². The minimum Gasteiger partial charge on any atom is -0.354 e. The van der Waals surface area contributed by atoms with E-state index in [0.717, 1.165) is 19.5 Å². The van der Waals surface area contributed by atoms with E-state index in [1.54, 1.807) is 0 Å². The molecule has 0 spiro atoms. The second-order valence-corrected chi connectivity index (χ2v) is 5.36. The Hall–Kier alpha value is -0.610. The molecule has 1 amide bonds. The molecule has 17 heavy (non-hydrogen) atoms. The molecule has 0 radical (unpaired) electrons. The lowest BCUT2D eigenvalue weighted by atomic mass is 10.1. The van der Waals surface area contributed by atoms with Gasteiger partial charge in [-0.3, -0.25) is 4.79 Å². The lowest BCUT2D eigenvalue weighted by Crippen LogP contribution is -2.37. The van der Waals surface area contributed by atoms with Gasteiger partial charge in [-0.05, 0) is 46.6 Å². The van der Waals surface area contributed by atoms with Crippen LogP contribution in [0.15, 0.2) is 0 Å². The number of hydrogen-bond acceptors (Lipinski definition) is 3. The fourth-order valence-corrected chi connectivity index (χ4v) is 2.29. The molecule has 1 heterocycles. The van der Waals surface area contributed by atoms with Crippen LogP contribution in [-0.2, 0) is 4.79 Å². The zero-order valence-electron chi connectivity index (χ0n) is 11.4. The van der Waals surface area contributed by atoms with E-state index in [2.05, 4.69) is 22.9 Å². The Balaban J connectivity index is 2.03. The van der Waals surface area contributed by atoms with Crippen molar-refractivity contribution in [3.05, 3.63) is 0 Å². The van der Waals surface area contributed by atoms with E-state index in [1.165, 1.54) is 12.8 Å². The molecule has 2 unspecified atom stereocenters. The minimum atomic E-state index is 0.138. The molecule has 4 nitrogen and oxygen atoms in total. The van der Waals surface area contributed by atoms with E-state index >= 15 is 0 Å². The number of amides is 1. The Kier molecular flexibility index (Phi) is 6.52. The fourth-order valence-electron chi connectivity index (χ4n) is 2.29. The summed E-state index contributed by atoms with van der Waals surface area (Å²) >= 11 is 0. The van der Waals surface area contributed by atoms with Gasteiger partial charge in [0.2, 0.25) is 5.91 Å². The summed E-state index contributed by atoms with van der Waals surface area (Å²) in [5.41, 5.74) is 0. The van der Waals surface area contributed by atoms with E-state index in [-0.39, 0.29) is 11.9 Å². The van der Waals surface area contributed by atoms with Gasteiger partial charge in [-0.15, -0.1) is 0 Å². The Labute approximate surface area is 105 Å². The van der Waals surface area contributed by atoms with Crippen molar-refractivity contribution < 1.29 is 4.79 Å². The summed E-state index contributed by atoms with van der Waals surface area (Å²) in [6, 6.07) is 1.39. The zero-order valence-corrected chi connectivity index (χ0v) is 11.4. The summed E-state index contributed by atoms with van der Waals surface area (Å²) in [6.45, 7) is 8.10. The first-order valence-electron chi connectivity index (χ1n) is 6.84. The number of carbonyl (C=O) groups is 1. The van der Waals surface area contributed by atoms with Crippen molar-refractivity contribution in [3.8, 4) is 0 Å². The van der Waals surface area contributed by atoms with Gasteiger partial charge in [-0.25, -0.2) is 0 Å². The molecule has 0 bridgehead atoms. The molecular weight excluding hydrogens is 214 g/mol. The first kappa shape index (κ1) is 14.5. The highest BCUT2D eigenvalue weighted by Crippen LogP contribution is 2.10. The molecule has 1 saturated heterocycles. The van der Waals surface area contributed by atoms with E-state index in [1.807, 2.05) is 13.8 Å². The molecule has 3 N–H and O–H groups in total. The van der Waals surface area contributed by atoms with Crippen molar-refractivity contribution in [1.82, 2.24) is 16.0 Å². The van der Waals surface area contributed by atoms with Gasteiger partial charge >= 0.3 is 0 Å². The van der Waals surface area contributed by atoms with Crippen LogP contribution in [0.3, 0.4) is 0 Å². The highest BCUT2D eigenvalue weighted by Gasteiger charge is 2.16. The number of rotatable bonds is 7. The molecule has 100 valence electrons. The van der Waals surface area contributed by atoms with Crippen LogP contribution in [0.5, 0.6) is 0 Å². The molecule has 0 aromatic heterocycles. The quantitative estimate of drug-likeness (QED) is 0.624. The molecule has 0 aromatic rings. The summed E-state index contributed by atoms with van der Waals surface area (Å²) < 4.78 is 0. The molecule has 1 aliphatic heterocycles. The van der Waals surface area contributed by atoms with Crippen molar-refractivity contribution in [3.63, 3.8) is 0 Å². The van der Waals surface area contributed by atoms with Crippen molar-refractivity contribution >= 4 is 5.91 Å². The molecule has 1 rings (SSSR count). The average molecular weight is 241 g/mol. The second-order valence-electron chi connectivity index (χ2n) is 5.36. The second kappa shape index (κ2) is 7.67. The predicted octanol–water partition coefficient (Wildman–Crippen LogP) is 1.02. The summed E-state index contributed by atoms with van der Waals surface area (Å²) in [5.74, 6) is 0.138. The van der Waals surface area contributed by atoms with E-state index in [4.69, 9.17) is 0 Å². The summed E-state index contributed by atoms with van der Waals surface area (Å²) in [5, 5.41) is 9.80. The van der Waals surface area contributed by atoms with Crippen LogP contribution in [0.25, 0.3) is 0 Å². The lowest BCUT2D eigenvalue weighted by molar-refractivity contribution is -0.121. The van der Waals surface area contributed by atoms with Crippen molar-refractivity contribution in [2.75, 3.05) is 13.1 Å². The molecule has 1 aliphatic rings. The first-order chi connectivity index (χ1) is 8.08. The smallest absolute Gasteiger partial charge is 0.221 e. The van der Waals surface area contributed by atoms with Crippen LogP contribution in [0.2, 0.25) is 0 Å². The SMILES string of the molecule is CC(C)NC(=O)CCNC(C)CC1CCCN1. The van der Waals surface area contributed by atoms with E-state index in [0.29, 0.717) is 18.5 Å². The number of hydrogen-bond donors (Lipinski definition) is 3. The molecule has 4 heteroatoms. The van der Waals surface area contributed by atoms with E-state index in [9.17, 15) is 4.79 Å². The predicted molar refractivity (Wildman–Crippen MR) is 71.0 cm³/mol.